The van der Waals surface area contributed by atoms with E-state index in [0.717, 1.165) is 18.4 Å². The van der Waals surface area contributed by atoms with Crippen LogP contribution in [0.15, 0.2) is 23.0 Å². The highest BCUT2D eigenvalue weighted by molar-refractivity contribution is 5.72. The predicted octanol–water partition coefficient (Wildman–Crippen LogP) is 1.86. The zero-order valence-electron chi connectivity index (χ0n) is 6.56. The highest BCUT2D eigenvalue weighted by atomic mass is 16.4. The summed E-state index contributed by atoms with van der Waals surface area (Å²) in [5.74, 6) is -0.698. The molecule has 2 unspecified atom stereocenters. The molecule has 1 N–H and O–H groups in total. The lowest BCUT2D eigenvalue weighted by molar-refractivity contribution is -0.145. The van der Waals surface area contributed by atoms with Crippen LogP contribution in [0.25, 0.3) is 0 Å². The standard InChI is InChI=1S/C9H10O3/c10-9(11)8-2-1-7(8)6-3-4-12-5-6/h3-5,7-8H,1-2H2,(H,10,11). The van der Waals surface area contributed by atoms with Gasteiger partial charge in [-0.2, -0.15) is 0 Å². The summed E-state index contributed by atoms with van der Waals surface area (Å²) in [4.78, 5) is 10.7. The SMILES string of the molecule is O=C(O)C1CCC1c1ccoc1. The Morgan fingerprint density at radius 3 is 2.83 bits per heavy atom. The Kier molecular flexibility index (Phi) is 1.64. The lowest BCUT2D eigenvalue weighted by atomic mass is 9.71. The summed E-state index contributed by atoms with van der Waals surface area (Å²) in [7, 11) is 0. The molecule has 0 bridgehead atoms. The molecule has 12 heavy (non-hydrogen) atoms. The van der Waals surface area contributed by atoms with E-state index in [1.807, 2.05) is 6.07 Å². The van der Waals surface area contributed by atoms with Crippen LogP contribution in [0, 0.1) is 5.92 Å². The molecule has 64 valence electrons. The smallest absolute Gasteiger partial charge is 0.307 e. The van der Waals surface area contributed by atoms with Gasteiger partial charge in [0, 0.05) is 5.92 Å². The quantitative estimate of drug-likeness (QED) is 0.729. The second-order valence-corrected chi connectivity index (χ2v) is 3.19. The number of hydrogen-bond donors (Lipinski definition) is 1. The van der Waals surface area contributed by atoms with Gasteiger partial charge in [-0.15, -0.1) is 0 Å². The number of carbonyl (C=O) groups is 1. The Morgan fingerprint density at radius 2 is 2.42 bits per heavy atom. The molecule has 1 saturated carbocycles. The van der Waals surface area contributed by atoms with E-state index in [2.05, 4.69) is 0 Å². The van der Waals surface area contributed by atoms with Crippen molar-refractivity contribution < 1.29 is 14.3 Å². The van der Waals surface area contributed by atoms with Crippen LogP contribution in [0.1, 0.15) is 24.3 Å². The molecule has 1 aliphatic carbocycles. The Hall–Kier alpha value is -1.25. The fourth-order valence-corrected chi connectivity index (χ4v) is 1.68. The van der Waals surface area contributed by atoms with Gasteiger partial charge >= 0.3 is 5.97 Å². The molecular weight excluding hydrogens is 156 g/mol. The topological polar surface area (TPSA) is 50.4 Å². The summed E-state index contributed by atoms with van der Waals surface area (Å²) < 4.78 is 4.91. The molecule has 3 heteroatoms. The Morgan fingerprint density at radius 1 is 1.58 bits per heavy atom. The van der Waals surface area contributed by atoms with E-state index < -0.39 is 5.97 Å². The molecule has 0 aliphatic heterocycles. The fraction of sp³-hybridized carbons (Fsp3) is 0.444. The summed E-state index contributed by atoms with van der Waals surface area (Å²) in [5, 5.41) is 8.77. The molecule has 1 fully saturated rings. The molecule has 1 heterocycles. The second kappa shape index (κ2) is 2.66. The van der Waals surface area contributed by atoms with Crippen LogP contribution in [-0.4, -0.2) is 11.1 Å². The van der Waals surface area contributed by atoms with Crippen molar-refractivity contribution in [2.75, 3.05) is 0 Å². The van der Waals surface area contributed by atoms with Crippen LogP contribution in [0.4, 0.5) is 0 Å². The van der Waals surface area contributed by atoms with Crippen molar-refractivity contribution in [2.45, 2.75) is 18.8 Å². The molecule has 0 saturated heterocycles. The molecule has 0 aromatic carbocycles. The zero-order chi connectivity index (χ0) is 8.55. The lowest BCUT2D eigenvalue weighted by Crippen LogP contribution is -2.30. The van der Waals surface area contributed by atoms with E-state index in [1.54, 1.807) is 12.5 Å². The molecular formula is C9H10O3. The van der Waals surface area contributed by atoms with Crippen molar-refractivity contribution in [2.24, 2.45) is 5.92 Å². The van der Waals surface area contributed by atoms with Crippen LogP contribution in [0.3, 0.4) is 0 Å². The Bertz CT molecular complexity index is 276. The molecule has 1 aromatic rings. The van der Waals surface area contributed by atoms with Gasteiger partial charge in [0.05, 0.1) is 18.4 Å². The van der Waals surface area contributed by atoms with Gasteiger partial charge in [0.1, 0.15) is 0 Å². The summed E-state index contributed by atoms with van der Waals surface area (Å²) in [6.07, 6.45) is 4.99. The average molecular weight is 166 g/mol. The van der Waals surface area contributed by atoms with E-state index >= 15 is 0 Å². The van der Waals surface area contributed by atoms with Crippen LogP contribution < -0.4 is 0 Å². The summed E-state index contributed by atoms with van der Waals surface area (Å²) in [5.41, 5.74) is 1.02. The van der Waals surface area contributed by atoms with Gasteiger partial charge in [0.25, 0.3) is 0 Å². The van der Waals surface area contributed by atoms with E-state index in [-0.39, 0.29) is 11.8 Å². The van der Waals surface area contributed by atoms with Gasteiger partial charge in [-0.1, -0.05) is 0 Å². The minimum atomic E-state index is -0.688. The third-order valence-electron chi connectivity index (χ3n) is 2.56. The van der Waals surface area contributed by atoms with Crippen molar-refractivity contribution >= 4 is 5.97 Å². The van der Waals surface area contributed by atoms with Crippen molar-refractivity contribution in [3.05, 3.63) is 24.2 Å². The normalized spacial score (nSPS) is 28.0. The molecule has 1 aromatic heterocycles. The molecule has 0 amide bonds. The van der Waals surface area contributed by atoms with Crippen LogP contribution in [0.5, 0.6) is 0 Å². The molecule has 2 atom stereocenters. The Labute approximate surface area is 70.0 Å². The van der Waals surface area contributed by atoms with Gasteiger partial charge in [0.15, 0.2) is 0 Å². The number of furan rings is 1. The highest BCUT2D eigenvalue weighted by Crippen LogP contribution is 2.42. The van der Waals surface area contributed by atoms with Crippen LogP contribution in [-0.2, 0) is 4.79 Å². The van der Waals surface area contributed by atoms with Crippen LogP contribution in [0.2, 0.25) is 0 Å². The summed E-state index contributed by atoms with van der Waals surface area (Å²) in [6, 6.07) is 1.85. The van der Waals surface area contributed by atoms with E-state index in [0.29, 0.717) is 0 Å². The molecule has 1 aliphatic rings. The van der Waals surface area contributed by atoms with Gasteiger partial charge in [0.2, 0.25) is 0 Å². The minimum Gasteiger partial charge on any atom is -0.481 e. The van der Waals surface area contributed by atoms with Crippen molar-refractivity contribution in [3.8, 4) is 0 Å². The van der Waals surface area contributed by atoms with E-state index in [4.69, 9.17) is 9.52 Å². The second-order valence-electron chi connectivity index (χ2n) is 3.19. The van der Waals surface area contributed by atoms with Gasteiger partial charge in [-0.25, -0.2) is 0 Å². The van der Waals surface area contributed by atoms with Crippen molar-refractivity contribution in [3.63, 3.8) is 0 Å². The first kappa shape index (κ1) is 7.40. The number of hydrogen-bond acceptors (Lipinski definition) is 2. The summed E-state index contributed by atoms with van der Waals surface area (Å²) >= 11 is 0. The maximum absolute atomic E-state index is 10.7. The molecule has 0 radical (unpaired) electrons. The largest absolute Gasteiger partial charge is 0.481 e. The van der Waals surface area contributed by atoms with E-state index in [1.165, 1.54) is 0 Å². The monoisotopic (exact) mass is 166 g/mol. The van der Waals surface area contributed by atoms with E-state index in [9.17, 15) is 4.79 Å². The molecule has 2 rings (SSSR count). The zero-order valence-corrected chi connectivity index (χ0v) is 6.56. The number of carboxylic acid groups (broad SMARTS) is 1. The fourth-order valence-electron chi connectivity index (χ4n) is 1.68. The third-order valence-corrected chi connectivity index (χ3v) is 2.56. The number of aliphatic carboxylic acids is 1. The molecule has 0 spiro atoms. The highest BCUT2D eigenvalue weighted by Gasteiger charge is 2.37. The van der Waals surface area contributed by atoms with Gasteiger partial charge in [-0.05, 0) is 24.5 Å². The average Bonchev–Trinajstić information content (AvgIpc) is 2.35. The van der Waals surface area contributed by atoms with Crippen molar-refractivity contribution in [1.82, 2.24) is 0 Å². The first-order valence-corrected chi connectivity index (χ1v) is 4.04. The summed E-state index contributed by atoms with van der Waals surface area (Å²) in [6.45, 7) is 0. The lowest BCUT2D eigenvalue weighted by Gasteiger charge is -2.32. The van der Waals surface area contributed by atoms with Gasteiger partial charge in [-0.3, -0.25) is 4.79 Å². The number of rotatable bonds is 2. The maximum Gasteiger partial charge on any atom is 0.307 e. The molecule has 3 nitrogen and oxygen atoms in total. The predicted molar refractivity (Wildman–Crippen MR) is 41.8 cm³/mol. The van der Waals surface area contributed by atoms with Crippen molar-refractivity contribution in [1.29, 1.82) is 0 Å². The van der Waals surface area contributed by atoms with Gasteiger partial charge < -0.3 is 9.52 Å². The first-order valence-electron chi connectivity index (χ1n) is 4.04. The third kappa shape index (κ3) is 1.02. The first-order chi connectivity index (χ1) is 5.79. The minimum absolute atomic E-state index is 0.182. The Balaban J connectivity index is 2.12. The van der Waals surface area contributed by atoms with Crippen LogP contribution >= 0.6 is 0 Å². The number of carboxylic acids is 1. The maximum atomic E-state index is 10.7.